The molecule has 4 heteroatoms. The van der Waals surface area contributed by atoms with Crippen LogP contribution in [0.25, 0.3) is 0 Å². The summed E-state index contributed by atoms with van der Waals surface area (Å²) in [5, 5.41) is 0. The van der Waals surface area contributed by atoms with E-state index in [4.69, 9.17) is 11.6 Å². The lowest BCUT2D eigenvalue weighted by Crippen LogP contribution is -1.94. The fourth-order valence-corrected chi connectivity index (χ4v) is 0.670. The van der Waals surface area contributed by atoms with Gasteiger partial charge in [0.15, 0.2) is 0 Å². The van der Waals surface area contributed by atoms with Gasteiger partial charge in [0.05, 0.1) is 0 Å². The van der Waals surface area contributed by atoms with E-state index in [1.165, 1.54) is 0 Å². The van der Waals surface area contributed by atoms with E-state index in [-0.39, 0.29) is 12.4 Å². The summed E-state index contributed by atoms with van der Waals surface area (Å²) in [6.07, 6.45) is 0. The summed E-state index contributed by atoms with van der Waals surface area (Å²) in [5.41, 5.74) is -0.814. The maximum Gasteiger partial charge on any atom is 0.409 e. The number of carbonyl (C=O) groups excluding carboxylic acids is 1. The Labute approximate surface area is 75.5 Å². The Morgan fingerprint density at radius 2 is 1.82 bits per heavy atom. The maximum atomic E-state index is 10.2. The summed E-state index contributed by atoms with van der Waals surface area (Å²) < 4.78 is 4.54. The van der Waals surface area contributed by atoms with Crippen LogP contribution in [0.1, 0.15) is 0 Å². The largest absolute Gasteiger partial charge is 0.415 e. The van der Waals surface area contributed by atoms with Crippen LogP contribution in [0.3, 0.4) is 0 Å². The molecule has 1 aromatic carbocycles. The molecule has 0 amide bonds. The molecule has 0 unspecified atom stereocenters. The molecule has 0 heterocycles. The predicted octanol–water partition coefficient (Wildman–Crippen LogP) is 2.85. The molecule has 0 saturated carbocycles. The van der Waals surface area contributed by atoms with E-state index in [1.807, 2.05) is 6.07 Å². The van der Waals surface area contributed by atoms with Crippen LogP contribution in [-0.2, 0) is 0 Å². The predicted molar refractivity (Wildman–Crippen MR) is 45.6 cm³/mol. The van der Waals surface area contributed by atoms with Crippen LogP contribution in [0.5, 0.6) is 5.75 Å². The van der Waals surface area contributed by atoms with Gasteiger partial charge in [0.1, 0.15) is 5.75 Å². The van der Waals surface area contributed by atoms with E-state index < -0.39 is 5.43 Å². The molecule has 0 saturated heterocycles. The minimum Gasteiger partial charge on any atom is -0.415 e. The smallest absolute Gasteiger partial charge is 0.409 e. The number of hydrogen-bond acceptors (Lipinski definition) is 2. The zero-order chi connectivity index (χ0) is 7.40. The van der Waals surface area contributed by atoms with Crippen molar-refractivity contribution in [1.29, 1.82) is 0 Å². The maximum absolute atomic E-state index is 10.2. The van der Waals surface area contributed by atoms with E-state index in [0.29, 0.717) is 5.75 Å². The van der Waals surface area contributed by atoms with Gasteiger partial charge in [-0.05, 0) is 12.1 Å². The third-order valence-electron chi connectivity index (χ3n) is 0.941. The standard InChI is InChI=1S/C7H5ClO2.ClH/c8-7(9)10-6-4-2-1-3-5-6;/h1-5H;1H. The highest BCUT2D eigenvalue weighted by atomic mass is 35.5. The molecule has 0 fully saturated rings. The van der Waals surface area contributed by atoms with Crippen molar-refractivity contribution in [2.75, 3.05) is 0 Å². The second-order valence-electron chi connectivity index (χ2n) is 1.65. The van der Waals surface area contributed by atoms with Crippen LogP contribution in [0, 0.1) is 0 Å². The fourth-order valence-electron chi connectivity index (χ4n) is 0.581. The Hall–Kier alpha value is -0.730. The van der Waals surface area contributed by atoms with Gasteiger partial charge in [0.25, 0.3) is 0 Å². The fraction of sp³-hybridized carbons (Fsp3) is 0. The van der Waals surface area contributed by atoms with Gasteiger partial charge in [-0.3, -0.25) is 0 Å². The average molecular weight is 193 g/mol. The van der Waals surface area contributed by atoms with Gasteiger partial charge in [0, 0.05) is 11.6 Å². The van der Waals surface area contributed by atoms with Gasteiger partial charge in [-0.25, -0.2) is 4.79 Å². The number of para-hydroxylation sites is 1. The molecule has 60 valence electrons. The number of halogens is 2. The normalized spacial score (nSPS) is 8.09. The second-order valence-corrected chi connectivity index (χ2v) is 1.96. The molecular weight excluding hydrogens is 187 g/mol. The number of carbonyl (C=O) groups is 1. The lowest BCUT2D eigenvalue weighted by Gasteiger charge is -1.95. The highest BCUT2D eigenvalue weighted by Crippen LogP contribution is 2.09. The van der Waals surface area contributed by atoms with Crippen molar-refractivity contribution < 1.29 is 9.53 Å². The Morgan fingerprint density at radius 3 is 2.27 bits per heavy atom. The number of rotatable bonds is 1. The molecule has 0 aliphatic heterocycles. The molecule has 1 rings (SSSR count). The van der Waals surface area contributed by atoms with Crippen LogP contribution in [0.15, 0.2) is 30.3 Å². The third-order valence-corrected chi connectivity index (χ3v) is 1.02. The van der Waals surface area contributed by atoms with Gasteiger partial charge in [-0.15, -0.1) is 12.4 Å². The molecule has 0 aromatic heterocycles. The molecule has 0 aliphatic carbocycles. The zero-order valence-electron chi connectivity index (χ0n) is 5.49. The number of ether oxygens (including phenoxy) is 1. The molecule has 0 N–H and O–H groups in total. The SMILES string of the molecule is Cl.O=C(Cl)Oc1ccccc1. The Balaban J connectivity index is 0.000001000. The van der Waals surface area contributed by atoms with E-state index in [9.17, 15) is 4.79 Å². The summed E-state index contributed by atoms with van der Waals surface area (Å²) in [7, 11) is 0. The van der Waals surface area contributed by atoms with Gasteiger partial charge < -0.3 is 4.74 Å². The van der Waals surface area contributed by atoms with Gasteiger partial charge >= 0.3 is 5.43 Å². The van der Waals surface area contributed by atoms with E-state index in [1.54, 1.807) is 24.3 Å². The van der Waals surface area contributed by atoms with E-state index in [2.05, 4.69) is 4.74 Å². The van der Waals surface area contributed by atoms with Crippen molar-refractivity contribution in [1.82, 2.24) is 0 Å². The van der Waals surface area contributed by atoms with Crippen molar-refractivity contribution in [3.05, 3.63) is 30.3 Å². The number of hydrogen-bond donors (Lipinski definition) is 0. The highest BCUT2D eigenvalue weighted by molar-refractivity contribution is 6.61. The number of benzene rings is 1. The lowest BCUT2D eigenvalue weighted by molar-refractivity contribution is 0.225. The van der Waals surface area contributed by atoms with Crippen molar-refractivity contribution in [3.63, 3.8) is 0 Å². The molecule has 0 spiro atoms. The van der Waals surface area contributed by atoms with Gasteiger partial charge in [-0.2, -0.15) is 0 Å². The monoisotopic (exact) mass is 192 g/mol. The minimum absolute atomic E-state index is 0. The first-order valence-electron chi connectivity index (χ1n) is 2.71. The first-order chi connectivity index (χ1) is 4.79. The summed E-state index contributed by atoms with van der Waals surface area (Å²) in [6, 6.07) is 8.65. The van der Waals surface area contributed by atoms with E-state index in [0.717, 1.165) is 0 Å². The van der Waals surface area contributed by atoms with Crippen molar-refractivity contribution >= 4 is 29.4 Å². The van der Waals surface area contributed by atoms with Crippen LogP contribution in [0.4, 0.5) is 4.79 Å². The summed E-state index contributed by atoms with van der Waals surface area (Å²) in [6.45, 7) is 0. The van der Waals surface area contributed by atoms with Gasteiger partial charge in [0.2, 0.25) is 0 Å². The molecule has 2 nitrogen and oxygen atoms in total. The van der Waals surface area contributed by atoms with Gasteiger partial charge in [-0.1, -0.05) is 18.2 Å². The molecule has 1 aromatic rings. The molecular formula is C7H6Cl2O2. The molecule has 0 atom stereocenters. The van der Waals surface area contributed by atoms with E-state index >= 15 is 0 Å². The quantitative estimate of drug-likeness (QED) is 0.641. The summed E-state index contributed by atoms with van der Waals surface area (Å²) >= 11 is 4.95. The molecule has 11 heavy (non-hydrogen) atoms. The summed E-state index contributed by atoms with van der Waals surface area (Å²) in [4.78, 5) is 10.2. The molecule has 0 bridgehead atoms. The van der Waals surface area contributed by atoms with Crippen molar-refractivity contribution in [3.8, 4) is 5.75 Å². The Bertz CT molecular complexity index is 223. The zero-order valence-corrected chi connectivity index (χ0v) is 7.06. The second kappa shape index (κ2) is 4.99. The summed E-state index contributed by atoms with van der Waals surface area (Å²) in [5.74, 6) is 0.461. The van der Waals surface area contributed by atoms with Crippen molar-refractivity contribution in [2.45, 2.75) is 0 Å². The lowest BCUT2D eigenvalue weighted by atomic mass is 10.3. The average Bonchev–Trinajstić information content (AvgIpc) is 1.88. The van der Waals surface area contributed by atoms with Crippen LogP contribution >= 0.6 is 24.0 Å². The Kier molecular flexibility index (Phi) is 4.66. The minimum atomic E-state index is -0.814. The first-order valence-corrected chi connectivity index (χ1v) is 3.09. The first kappa shape index (κ1) is 10.3. The molecule has 0 aliphatic rings. The Morgan fingerprint density at radius 1 is 1.27 bits per heavy atom. The van der Waals surface area contributed by atoms with Crippen molar-refractivity contribution in [2.24, 2.45) is 0 Å². The van der Waals surface area contributed by atoms with Crippen LogP contribution < -0.4 is 4.74 Å². The van der Waals surface area contributed by atoms with Crippen LogP contribution in [-0.4, -0.2) is 5.43 Å². The topological polar surface area (TPSA) is 26.3 Å². The third kappa shape index (κ3) is 3.86. The van der Waals surface area contributed by atoms with Crippen LogP contribution in [0.2, 0.25) is 0 Å². The molecule has 0 radical (unpaired) electrons. The highest BCUT2D eigenvalue weighted by Gasteiger charge is 1.95.